The zero-order valence-electron chi connectivity index (χ0n) is 12.5. The summed E-state index contributed by atoms with van der Waals surface area (Å²) in [4.78, 5) is 26.0. The molecule has 2 N–H and O–H groups in total. The van der Waals surface area contributed by atoms with Crippen molar-refractivity contribution in [1.82, 2.24) is 19.7 Å². The van der Waals surface area contributed by atoms with E-state index in [0.29, 0.717) is 25.1 Å². The summed E-state index contributed by atoms with van der Waals surface area (Å²) in [5, 5.41) is 5.44. The van der Waals surface area contributed by atoms with Gasteiger partial charge in [0.15, 0.2) is 0 Å². The smallest absolute Gasteiger partial charge is 0.267 e. The highest BCUT2D eigenvalue weighted by atomic mass is 16.2. The van der Waals surface area contributed by atoms with E-state index in [2.05, 4.69) is 10.2 Å². The lowest BCUT2D eigenvalue weighted by atomic mass is 10.1. The minimum absolute atomic E-state index is 0.0169. The Morgan fingerprint density at radius 3 is 2.52 bits per heavy atom. The van der Waals surface area contributed by atoms with Crippen molar-refractivity contribution in [2.75, 3.05) is 6.54 Å². The quantitative estimate of drug-likeness (QED) is 0.756. The Balaban J connectivity index is 1.54. The van der Waals surface area contributed by atoms with E-state index in [0.717, 1.165) is 16.9 Å². The number of aromatic nitrogens is 3. The van der Waals surface area contributed by atoms with Crippen LogP contribution < -0.4 is 5.56 Å². The number of carbonyl (C=O) groups excluding carboxylic acids is 1. The summed E-state index contributed by atoms with van der Waals surface area (Å²) in [7, 11) is 0. The number of aromatic amines is 2. The number of benzene rings is 1. The van der Waals surface area contributed by atoms with E-state index in [1.807, 2.05) is 53.4 Å². The molecular formula is C17H16N4O2. The van der Waals surface area contributed by atoms with E-state index in [1.54, 1.807) is 4.90 Å². The molecule has 0 fully saturated rings. The van der Waals surface area contributed by atoms with Crippen LogP contribution in [0, 0.1) is 0 Å². The van der Waals surface area contributed by atoms with Crippen molar-refractivity contribution in [2.24, 2.45) is 0 Å². The fraction of sp³-hybridized carbons (Fsp3) is 0.176. The molecule has 1 aliphatic rings. The molecule has 6 nitrogen and oxygen atoms in total. The van der Waals surface area contributed by atoms with E-state index in [1.165, 1.54) is 0 Å². The number of fused-ring (bicyclic) bond motifs is 1. The lowest BCUT2D eigenvalue weighted by Crippen LogP contribution is -2.36. The largest absolute Gasteiger partial charge is 0.332 e. The Bertz CT molecular complexity index is 888. The second-order valence-corrected chi connectivity index (χ2v) is 5.65. The molecule has 6 heteroatoms. The van der Waals surface area contributed by atoms with Gasteiger partial charge >= 0.3 is 0 Å². The Labute approximate surface area is 132 Å². The number of hydrogen-bond acceptors (Lipinski definition) is 2. The third-order valence-corrected chi connectivity index (χ3v) is 4.25. The summed E-state index contributed by atoms with van der Waals surface area (Å²) in [6, 6.07) is 11.5. The molecule has 2 aromatic heterocycles. The van der Waals surface area contributed by atoms with Crippen LogP contribution in [0.3, 0.4) is 0 Å². The molecule has 0 bridgehead atoms. The van der Waals surface area contributed by atoms with Crippen LogP contribution in [0.25, 0.3) is 5.69 Å². The van der Waals surface area contributed by atoms with Crippen molar-refractivity contribution in [2.45, 2.75) is 13.0 Å². The maximum atomic E-state index is 12.6. The normalized spacial score (nSPS) is 13.8. The van der Waals surface area contributed by atoms with Gasteiger partial charge < -0.3 is 14.6 Å². The van der Waals surface area contributed by atoms with E-state index in [-0.39, 0.29) is 11.5 Å². The third-order valence-electron chi connectivity index (χ3n) is 4.25. The van der Waals surface area contributed by atoms with Gasteiger partial charge in [-0.1, -0.05) is 0 Å². The van der Waals surface area contributed by atoms with Crippen LogP contribution in [-0.2, 0) is 13.0 Å². The molecule has 0 unspecified atom stereocenters. The van der Waals surface area contributed by atoms with Crippen molar-refractivity contribution in [3.05, 3.63) is 76.0 Å². The number of H-pyrrole nitrogens is 2. The van der Waals surface area contributed by atoms with Gasteiger partial charge in [0, 0.05) is 35.8 Å². The molecule has 0 saturated carbocycles. The van der Waals surface area contributed by atoms with Crippen molar-refractivity contribution in [1.29, 1.82) is 0 Å². The lowest BCUT2D eigenvalue weighted by molar-refractivity contribution is 0.0732. The fourth-order valence-electron chi connectivity index (χ4n) is 2.97. The predicted octanol–water partition coefficient (Wildman–Crippen LogP) is 1.69. The van der Waals surface area contributed by atoms with Gasteiger partial charge in [-0.15, -0.1) is 0 Å². The average molecular weight is 308 g/mol. The summed E-state index contributed by atoms with van der Waals surface area (Å²) in [5.74, 6) is -0.0169. The van der Waals surface area contributed by atoms with Gasteiger partial charge in [0.2, 0.25) is 0 Å². The molecule has 0 atom stereocenters. The average Bonchev–Trinajstić information content (AvgIpc) is 3.24. The highest BCUT2D eigenvalue weighted by Crippen LogP contribution is 2.17. The molecule has 116 valence electrons. The molecular weight excluding hydrogens is 292 g/mol. The fourth-order valence-corrected chi connectivity index (χ4v) is 2.97. The van der Waals surface area contributed by atoms with Crippen molar-refractivity contribution >= 4 is 5.91 Å². The molecule has 23 heavy (non-hydrogen) atoms. The first-order valence-corrected chi connectivity index (χ1v) is 7.53. The first-order chi connectivity index (χ1) is 11.2. The number of nitrogens with one attached hydrogen (secondary N) is 2. The molecule has 1 aliphatic heterocycles. The van der Waals surface area contributed by atoms with E-state index < -0.39 is 0 Å². The summed E-state index contributed by atoms with van der Waals surface area (Å²) in [5.41, 5.74) is 3.16. The van der Waals surface area contributed by atoms with Crippen LogP contribution in [0.1, 0.15) is 21.6 Å². The second kappa shape index (κ2) is 5.31. The van der Waals surface area contributed by atoms with Gasteiger partial charge in [-0.2, -0.15) is 0 Å². The summed E-state index contributed by atoms with van der Waals surface area (Å²) in [6.45, 7) is 0.998. The van der Waals surface area contributed by atoms with Crippen LogP contribution in [0.2, 0.25) is 0 Å². The molecule has 0 saturated heterocycles. The number of hydrogen-bond donors (Lipinski definition) is 2. The Hall–Kier alpha value is -3.02. The highest BCUT2D eigenvalue weighted by Gasteiger charge is 2.24. The predicted molar refractivity (Wildman–Crippen MR) is 85.6 cm³/mol. The first kappa shape index (κ1) is 13.6. The molecule has 3 aromatic rings. The van der Waals surface area contributed by atoms with Crippen molar-refractivity contribution < 1.29 is 4.79 Å². The van der Waals surface area contributed by atoms with Crippen LogP contribution in [0.5, 0.6) is 0 Å². The third kappa shape index (κ3) is 2.38. The molecule has 0 radical (unpaired) electrons. The number of carbonyl (C=O) groups is 1. The minimum Gasteiger partial charge on any atom is -0.332 e. The topological polar surface area (TPSA) is 73.9 Å². The zero-order valence-corrected chi connectivity index (χ0v) is 12.5. The molecule has 0 spiro atoms. The van der Waals surface area contributed by atoms with E-state index in [9.17, 15) is 9.59 Å². The highest BCUT2D eigenvalue weighted by molar-refractivity contribution is 5.94. The van der Waals surface area contributed by atoms with Gasteiger partial charge in [0.25, 0.3) is 11.5 Å². The minimum atomic E-state index is -0.0804. The molecule has 1 aromatic carbocycles. The number of rotatable bonds is 2. The van der Waals surface area contributed by atoms with Gasteiger partial charge in [0.05, 0.1) is 12.2 Å². The lowest BCUT2D eigenvalue weighted by Gasteiger charge is -2.26. The standard InChI is InChI=1S/C17H16N4O2/c22-16-14-7-10-21(11-15(14)18-19-16)17(23)12-3-5-13(6-4-12)20-8-1-2-9-20/h1-6,8-9H,7,10-11H2,(H2,18,19,22). The molecule has 4 rings (SSSR count). The van der Waals surface area contributed by atoms with Crippen molar-refractivity contribution in [3.8, 4) is 5.69 Å². The first-order valence-electron chi connectivity index (χ1n) is 7.53. The summed E-state index contributed by atoms with van der Waals surface area (Å²) in [6.07, 6.45) is 4.51. The van der Waals surface area contributed by atoms with E-state index in [4.69, 9.17) is 0 Å². The van der Waals surface area contributed by atoms with Gasteiger partial charge in [-0.25, -0.2) is 0 Å². The zero-order chi connectivity index (χ0) is 15.8. The summed E-state index contributed by atoms with van der Waals surface area (Å²) >= 11 is 0. The maximum absolute atomic E-state index is 12.6. The second-order valence-electron chi connectivity index (χ2n) is 5.65. The van der Waals surface area contributed by atoms with Crippen LogP contribution in [-0.4, -0.2) is 32.1 Å². The number of nitrogens with zero attached hydrogens (tertiary/aromatic N) is 2. The Morgan fingerprint density at radius 2 is 1.78 bits per heavy atom. The molecule has 1 amide bonds. The van der Waals surface area contributed by atoms with E-state index >= 15 is 0 Å². The van der Waals surface area contributed by atoms with Crippen LogP contribution in [0.4, 0.5) is 0 Å². The Morgan fingerprint density at radius 1 is 1.04 bits per heavy atom. The van der Waals surface area contributed by atoms with Gasteiger partial charge in [-0.3, -0.25) is 14.7 Å². The molecule has 0 aliphatic carbocycles. The SMILES string of the molecule is O=C(c1ccc(-n2cccc2)cc1)N1CCc2c([nH][nH]c2=O)C1. The summed E-state index contributed by atoms with van der Waals surface area (Å²) < 4.78 is 1.99. The van der Waals surface area contributed by atoms with Crippen molar-refractivity contribution in [3.63, 3.8) is 0 Å². The molecule has 3 heterocycles. The number of amides is 1. The van der Waals surface area contributed by atoms with Gasteiger partial charge in [0.1, 0.15) is 0 Å². The van der Waals surface area contributed by atoms with Crippen LogP contribution >= 0.6 is 0 Å². The van der Waals surface area contributed by atoms with Gasteiger partial charge in [-0.05, 0) is 42.8 Å². The Kier molecular flexibility index (Phi) is 3.15. The monoisotopic (exact) mass is 308 g/mol. The van der Waals surface area contributed by atoms with Crippen LogP contribution in [0.15, 0.2) is 53.6 Å². The maximum Gasteiger partial charge on any atom is 0.267 e.